The summed E-state index contributed by atoms with van der Waals surface area (Å²) in [4.78, 5) is 5.25. The Kier molecular flexibility index (Phi) is 8.66. The van der Waals surface area contributed by atoms with E-state index >= 15 is 0 Å². The highest BCUT2D eigenvalue weighted by molar-refractivity contribution is 5.99. The standard InChI is InChI=1S/C63H52N2/c1-62(2)55-32-15-14-31-52(55)53-36-35-51(41-56(53)62)64(49-27-8-4-9-28-49)57-33-16-23-45-37-47-25-18-26-48-38-46-24-17-34-58(61(46)63(47,48)60(45)57)65(50-29-10-5-11-30-50)59-40-44-22-13-12-21-43(44)39-54(59)42-19-6-3-7-20-42/h3-17,19-24,27-36,39-41,47-48H,18,25-26,37-38H2,1-2H3. The molecule has 9 aromatic rings. The van der Waals surface area contributed by atoms with Crippen LogP contribution in [0.3, 0.4) is 0 Å². The highest BCUT2D eigenvalue weighted by atomic mass is 15.2. The molecule has 0 aromatic heterocycles. The van der Waals surface area contributed by atoms with Crippen LogP contribution in [0.4, 0.5) is 34.1 Å². The Bertz CT molecular complexity index is 3290. The molecule has 0 saturated heterocycles. The lowest BCUT2D eigenvalue weighted by Crippen LogP contribution is -2.42. The van der Waals surface area contributed by atoms with Gasteiger partial charge >= 0.3 is 0 Å². The Hall–Kier alpha value is -7.16. The summed E-state index contributed by atoms with van der Waals surface area (Å²) >= 11 is 0. The lowest BCUT2D eigenvalue weighted by Gasteiger charge is -2.46. The van der Waals surface area contributed by atoms with Crippen LogP contribution in [-0.4, -0.2) is 0 Å². The fourth-order valence-electron chi connectivity index (χ4n) is 13.3. The summed E-state index contributed by atoms with van der Waals surface area (Å²) in [5.74, 6) is 0.988. The molecule has 4 aliphatic rings. The van der Waals surface area contributed by atoms with Crippen LogP contribution >= 0.6 is 0 Å². The summed E-state index contributed by atoms with van der Waals surface area (Å²) in [6, 6.07) is 78.0. The van der Waals surface area contributed by atoms with Gasteiger partial charge in [0.25, 0.3) is 0 Å². The van der Waals surface area contributed by atoms with Crippen LogP contribution in [0.2, 0.25) is 0 Å². The molecule has 314 valence electrons. The number of rotatable bonds is 7. The summed E-state index contributed by atoms with van der Waals surface area (Å²) in [7, 11) is 0. The zero-order valence-electron chi connectivity index (χ0n) is 37.2. The first-order chi connectivity index (χ1) is 32.0. The van der Waals surface area contributed by atoms with E-state index in [-0.39, 0.29) is 10.8 Å². The molecule has 3 unspecified atom stereocenters. The second-order valence-corrected chi connectivity index (χ2v) is 19.5. The summed E-state index contributed by atoms with van der Waals surface area (Å²) in [6.45, 7) is 4.80. The normalized spacial score (nSPS) is 19.4. The number of nitrogens with zero attached hydrogens (tertiary/aromatic N) is 2. The van der Waals surface area contributed by atoms with Gasteiger partial charge in [0.15, 0.2) is 0 Å². The Morgan fingerprint density at radius 3 is 1.60 bits per heavy atom. The smallest absolute Gasteiger partial charge is 0.0546 e. The number of hydrogen-bond donors (Lipinski definition) is 0. The minimum absolute atomic E-state index is 0.108. The molecule has 0 heterocycles. The third-order valence-electron chi connectivity index (χ3n) is 15.9. The molecule has 13 rings (SSSR count). The molecule has 0 radical (unpaired) electrons. The Morgan fingerprint density at radius 1 is 0.400 bits per heavy atom. The highest BCUT2D eigenvalue weighted by Gasteiger charge is 2.60. The molecule has 0 aliphatic heterocycles. The first kappa shape index (κ1) is 38.3. The van der Waals surface area contributed by atoms with Crippen molar-refractivity contribution in [2.45, 2.75) is 56.8 Å². The van der Waals surface area contributed by atoms with Gasteiger partial charge in [0.05, 0.1) is 17.1 Å². The van der Waals surface area contributed by atoms with Crippen molar-refractivity contribution in [3.05, 3.63) is 240 Å². The maximum atomic E-state index is 2.63. The average molecular weight is 837 g/mol. The highest BCUT2D eigenvalue weighted by Crippen LogP contribution is 2.67. The largest absolute Gasteiger partial charge is 0.310 e. The van der Waals surface area contributed by atoms with E-state index in [9.17, 15) is 0 Å². The van der Waals surface area contributed by atoms with Crippen molar-refractivity contribution in [1.29, 1.82) is 0 Å². The zero-order valence-corrected chi connectivity index (χ0v) is 37.2. The monoisotopic (exact) mass is 836 g/mol. The topological polar surface area (TPSA) is 6.48 Å². The van der Waals surface area contributed by atoms with Crippen LogP contribution < -0.4 is 9.80 Å². The fraction of sp³-hybridized carbons (Fsp3) is 0.175. The second-order valence-electron chi connectivity index (χ2n) is 19.5. The first-order valence-electron chi connectivity index (χ1n) is 23.8. The Balaban J connectivity index is 1.07. The van der Waals surface area contributed by atoms with Crippen molar-refractivity contribution in [3.8, 4) is 22.3 Å². The SMILES string of the molecule is CC1(C)c2ccccc2-c2ccc(N(c3ccccc3)c3cccc4c3C35c6c(cccc6N(c6ccccc6)c6cc7ccccc7cc6-c6ccccc6)CC3CCCC5C4)cc21. The fourth-order valence-corrected chi connectivity index (χ4v) is 13.3. The molecule has 4 aliphatic carbocycles. The Labute approximate surface area is 383 Å². The van der Waals surface area contributed by atoms with Crippen LogP contribution in [0.15, 0.2) is 206 Å². The van der Waals surface area contributed by atoms with Gasteiger partial charge in [-0.05, 0) is 159 Å². The molecule has 0 N–H and O–H groups in total. The summed E-state index contributed by atoms with van der Waals surface area (Å²) in [5.41, 5.74) is 21.2. The van der Waals surface area contributed by atoms with Gasteiger partial charge in [-0.3, -0.25) is 0 Å². The van der Waals surface area contributed by atoms with Crippen LogP contribution in [0.1, 0.15) is 66.5 Å². The number of anilines is 6. The molecular formula is C63H52N2. The van der Waals surface area contributed by atoms with E-state index in [0.29, 0.717) is 11.8 Å². The maximum absolute atomic E-state index is 2.63. The summed E-state index contributed by atoms with van der Waals surface area (Å²) < 4.78 is 0. The third kappa shape index (κ3) is 5.66. The van der Waals surface area contributed by atoms with Crippen molar-refractivity contribution >= 4 is 44.9 Å². The minimum atomic E-state index is -0.174. The minimum Gasteiger partial charge on any atom is -0.310 e. The number of hydrogen-bond acceptors (Lipinski definition) is 2. The molecule has 2 nitrogen and oxygen atoms in total. The number of fused-ring (bicyclic) bond motifs is 6. The molecule has 9 aromatic carbocycles. The van der Waals surface area contributed by atoms with Gasteiger partial charge in [0, 0.05) is 33.5 Å². The first-order valence-corrected chi connectivity index (χ1v) is 23.8. The quantitative estimate of drug-likeness (QED) is 0.158. The molecule has 3 atom stereocenters. The number of para-hydroxylation sites is 2. The van der Waals surface area contributed by atoms with Crippen molar-refractivity contribution in [1.82, 2.24) is 0 Å². The molecule has 1 saturated carbocycles. The van der Waals surface area contributed by atoms with E-state index in [1.807, 2.05) is 0 Å². The van der Waals surface area contributed by atoms with E-state index in [1.165, 1.54) is 114 Å². The molecule has 0 bridgehead atoms. The van der Waals surface area contributed by atoms with Crippen LogP contribution in [0.5, 0.6) is 0 Å². The van der Waals surface area contributed by atoms with Gasteiger partial charge in [-0.2, -0.15) is 0 Å². The predicted molar refractivity (Wildman–Crippen MR) is 272 cm³/mol. The summed E-state index contributed by atoms with van der Waals surface area (Å²) in [6.07, 6.45) is 5.92. The van der Waals surface area contributed by atoms with Crippen LogP contribution in [-0.2, 0) is 23.7 Å². The van der Waals surface area contributed by atoms with Crippen LogP contribution in [0.25, 0.3) is 33.0 Å². The second kappa shape index (κ2) is 14.7. The van der Waals surface area contributed by atoms with E-state index < -0.39 is 0 Å². The average Bonchev–Trinajstić information content (AvgIpc) is 3.97. The van der Waals surface area contributed by atoms with E-state index in [1.54, 1.807) is 5.56 Å². The maximum Gasteiger partial charge on any atom is 0.0546 e. The predicted octanol–water partition coefficient (Wildman–Crippen LogP) is 16.6. The zero-order chi connectivity index (χ0) is 43.3. The molecular weight excluding hydrogens is 785 g/mol. The van der Waals surface area contributed by atoms with Crippen molar-refractivity contribution in [2.75, 3.05) is 9.80 Å². The lowest BCUT2D eigenvalue weighted by molar-refractivity contribution is 0.177. The lowest BCUT2D eigenvalue weighted by atomic mass is 9.58. The molecule has 2 heteroatoms. The Morgan fingerprint density at radius 2 is 0.938 bits per heavy atom. The third-order valence-corrected chi connectivity index (χ3v) is 15.9. The van der Waals surface area contributed by atoms with E-state index in [2.05, 4.69) is 230 Å². The molecule has 65 heavy (non-hydrogen) atoms. The molecule has 1 spiro atoms. The van der Waals surface area contributed by atoms with Gasteiger partial charge < -0.3 is 9.80 Å². The van der Waals surface area contributed by atoms with E-state index in [4.69, 9.17) is 0 Å². The van der Waals surface area contributed by atoms with Crippen molar-refractivity contribution in [3.63, 3.8) is 0 Å². The summed E-state index contributed by atoms with van der Waals surface area (Å²) in [5, 5.41) is 2.50. The van der Waals surface area contributed by atoms with Crippen molar-refractivity contribution in [2.24, 2.45) is 11.8 Å². The van der Waals surface area contributed by atoms with E-state index in [0.717, 1.165) is 12.8 Å². The number of benzene rings is 9. The van der Waals surface area contributed by atoms with Gasteiger partial charge in [0.2, 0.25) is 0 Å². The van der Waals surface area contributed by atoms with Gasteiger partial charge in [-0.15, -0.1) is 0 Å². The molecule has 1 fully saturated rings. The van der Waals surface area contributed by atoms with Crippen LogP contribution in [0, 0.1) is 11.8 Å². The van der Waals surface area contributed by atoms with Gasteiger partial charge in [0.1, 0.15) is 0 Å². The van der Waals surface area contributed by atoms with Crippen molar-refractivity contribution < 1.29 is 0 Å². The molecule has 0 amide bonds. The van der Waals surface area contributed by atoms with Gasteiger partial charge in [-0.1, -0.05) is 166 Å². The van der Waals surface area contributed by atoms with Gasteiger partial charge in [-0.25, -0.2) is 0 Å².